The molecule has 2 atom stereocenters. The number of hydrogen-bond donors (Lipinski definition) is 1. The average molecular weight is 344 g/mol. The second-order valence-corrected chi connectivity index (χ2v) is 7.22. The van der Waals surface area contributed by atoms with E-state index in [1.54, 1.807) is 4.90 Å². The molecule has 1 saturated heterocycles. The molecule has 0 saturated carbocycles. The second-order valence-electron chi connectivity index (χ2n) is 7.22. The lowest BCUT2D eigenvalue weighted by atomic mass is 10.00. The fourth-order valence-electron chi connectivity index (χ4n) is 3.24. The van der Waals surface area contributed by atoms with Crippen LogP contribution in [-0.2, 0) is 14.4 Å². The van der Waals surface area contributed by atoms with E-state index >= 15 is 0 Å². The summed E-state index contributed by atoms with van der Waals surface area (Å²) in [5.74, 6) is -0.264. The van der Waals surface area contributed by atoms with Gasteiger partial charge < -0.3 is 10.2 Å². The van der Waals surface area contributed by atoms with Crippen molar-refractivity contribution in [2.24, 2.45) is 5.92 Å². The van der Waals surface area contributed by atoms with Crippen molar-refractivity contribution in [3.05, 3.63) is 35.4 Å². The van der Waals surface area contributed by atoms with E-state index in [0.29, 0.717) is 13.0 Å². The summed E-state index contributed by atoms with van der Waals surface area (Å²) in [6.45, 7) is 7.84. The molecule has 0 bridgehead atoms. The quantitative estimate of drug-likeness (QED) is 0.863. The van der Waals surface area contributed by atoms with Crippen LogP contribution in [0.3, 0.4) is 0 Å². The number of amides is 2. The van der Waals surface area contributed by atoms with Crippen LogP contribution in [0.2, 0.25) is 0 Å². The fraction of sp³-hybridized carbons (Fsp3) is 0.550. The molecule has 0 aliphatic carbocycles. The molecule has 2 unspecified atom stereocenters. The Balaban J connectivity index is 2.14. The molecule has 1 heterocycles. The molecule has 136 valence electrons. The van der Waals surface area contributed by atoms with E-state index < -0.39 is 6.04 Å². The zero-order chi connectivity index (χ0) is 18.6. The van der Waals surface area contributed by atoms with Gasteiger partial charge in [0.15, 0.2) is 0 Å². The lowest BCUT2D eigenvalue weighted by Crippen LogP contribution is -2.48. The van der Waals surface area contributed by atoms with Crippen molar-refractivity contribution in [1.29, 1.82) is 0 Å². The van der Waals surface area contributed by atoms with E-state index in [2.05, 4.69) is 5.32 Å². The molecule has 5 nitrogen and oxygen atoms in total. The summed E-state index contributed by atoms with van der Waals surface area (Å²) in [5.41, 5.74) is 2.04. The van der Waals surface area contributed by atoms with Crippen molar-refractivity contribution in [3.8, 4) is 0 Å². The molecule has 0 radical (unpaired) electrons. The predicted octanol–water partition coefficient (Wildman–Crippen LogP) is 2.78. The van der Waals surface area contributed by atoms with Crippen molar-refractivity contribution in [3.63, 3.8) is 0 Å². The summed E-state index contributed by atoms with van der Waals surface area (Å²) < 4.78 is 0. The highest BCUT2D eigenvalue weighted by atomic mass is 16.2. The minimum Gasteiger partial charge on any atom is -0.347 e. The fourth-order valence-corrected chi connectivity index (χ4v) is 3.24. The molecular weight excluding hydrogens is 316 g/mol. The Kier molecular flexibility index (Phi) is 6.34. The van der Waals surface area contributed by atoms with Crippen molar-refractivity contribution < 1.29 is 14.4 Å². The van der Waals surface area contributed by atoms with E-state index in [9.17, 15) is 14.4 Å². The van der Waals surface area contributed by atoms with E-state index in [1.165, 1.54) is 6.92 Å². The summed E-state index contributed by atoms with van der Waals surface area (Å²) >= 11 is 0. The molecule has 1 aliphatic heterocycles. The van der Waals surface area contributed by atoms with Crippen LogP contribution in [0.25, 0.3) is 0 Å². The smallest absolute Gasteiger partial charge is 0.243 e. The zero-order valence-electron chi connectivity index (χ0n) is 15.5. The number of aryl methyl sites for hydroxylation is 1. The first-order valence-electron chi connectivity index (χ1n) is 8.96. The van der Waals surface area contributed by atoms with Crippen molar-refractivity contribution in [2.75, 3.05) is 6.54 Å². The molecule has 0 spiro atoms. The van der Waals surface area contributed by atoms with Gasteiger partial charge >= 0.3 is 0 Å². The van der Waals surface area contributed by atoms with Gasteiger partial charge in [0.25, 0.3) is 0 Å². The third kappa shape index (κ3) is 4.91. The number of likely N-dealkylation sites (tertiary alicyclic amines) is 1. The van der Waals surface area contributed by atoms with Gasteiger partial charge in [0.05, 0.1) is 6.04 Å². The maximum Gasteiger partial charge on any atom is 0.243 e. The van der Waals surface area contributed by atoms with Crippen LogP contribution in [0, 0.1) is 12.8 Å². The third-order valence-corrected chi connectivity index (χ3v) is 4.62. The summed E-state index contributed by atoms with van der Waals surface area (Å²) in [5, 5.41) is 3.00. The zero-order valence-corrected chi connectivity index (χ0v) is 15.5. The summed E-state index contributed by atoms with van der Waals surface area (Å²) in [6.07, 6.45) is 1.75. The van der Waals surface area contributed by atoms with Gasteiger partial charge in [-0.05, 0) is 32.3 Å². The Labute approximate surface area is 149 Å². The predicted molar refractivity (Wildman–Crippen MR) is 96.9 cm³/mol. The van der Waals surface area contributed by atoms with Gasteiger partial charge in [0, 0.05) is 18.9 Å². The number of ketones is 1. The maximum atomic E-state index is 12.8. The maximum absolute atomic E-state index is 12.8. The largest absolute Gasteiger partial charge is 0.347 e. The first-order valence-corrected chi connectivity index (χ1v) is 8.96. The minimum atomic E-state index is -0.435. The summed E-state index contributed by atoms with van der Waals surface area (Å²) in [4.78, 5) is 38.4. The van der Waals surface area contributed by atoms with Crippen molar-refractivity contribution >= 4 is 17.6 Å². The summed E-state index contributed by atoms with van der Waals surface area (Å²) in [7, 11) is 0. The van der Waals surface area contributed by atoms with Crippen LogP contribution in [0.1, 0.15) is 57.2 Å². The van der Waals surface area contributed by atoms with Gasteiger partial charge in [-0.25, -0.2) is 0 Å². The van der Waals surface area contributed by atoms with Crippen molar-refractivity contribution in [1.82, 2.24) is 10.2 Å². The molecule has 1 fully saturated rings. The topological polar surface area (TPSA) is 66.5 Å². The normalized spacial score (nSPS) is 18.3. The molecule has 0 aromatic heterocycles. The molecule has 25 heavy (non-hydrogen) atoms. The Morgan fingerprint density at radius 1 is 1.20 bits per heavy atom. The number of nitrogens with one attached hydrogen (secondary N) is 1. The highest BCUT2D eigenvalue weighted by Crippen LogP contribution is 2.23. The number of rotatable bonds is 6. The average Bonchev–Trinajstić information content (AvgIpc) is 3.03. The van der Waals surface area contributed by atoms with Gasteiger partial charge in [-0.2, -0.15) is 0 Å². The Morgan fingerprint density at radius 2 is 1.84 bits per heavy atom. The van der Waals surface area contributed by atoms with Crippen LogP contribution in [0.4, 0.5) is 0 Å². The molecule has 2 amide bonds. The van der Waals surface area contributed by atoms with Crippen LogP contribution in [0.5, 0.6) is 0 Å². The second kappa shape index (κ2) is 8.28. The van der Waals surface area contributed by atoms with E-state index in [-0.39, 0.29) is 36.0 Å². The lowest BCUT2D eigenvalue weighted by Gasteiger charge is -2.28. The molecule has 5 heteroatoms. The monoisotopic (exact) mass is 344 g/mol. The van der Waals surface area contributed by atoms with E-state index in [4.69, 9.17) is 0 Å². The summed E-state index contributed by atoms with van der Waals surface area (Å²) in [6, 6.07) is 7.03. The Morgan fingerprint density at radius 3 is 2.40 bits per heavy atom. The van der Waals surface area contributed by atoms with Gasteiger partial charge in [0.2, 0.25) is 11.8 Å². The number of nitrogens with zero attached hydrogens (tertiary/aromatic N) is 1. The number of carbonyl (C=O) groups excluding carboxylic acids is 3. The Hall–Kier alpha value is -2.17. The first-order chi connectivity index (χ1) is 11.8. The number of benzene rings is 1. The molecular formula is C20H28N2O3. The standard InChI is InChI=1S/C20H28N2O3/c1-13(2)20(25)22-11-5-6-18(22)19(24)21-17(12-15(4)23)16-9-7-14(3)8-10-16/h7-10,13,17-18H,5-6,11-12H2,1-4H3,(H,21,24). The third-order valence-electron chi connectivity index (χ3n) is 4.62. The molecule has 1 aliphatic rings. The lowest BCUT2D eigenvalue weighted by molar-refractivity contribution is -0.141. The molecule has 2 rings (SSSR count). The molecule has 1 aromatic carbocycles. The molecule has 1 aromatic rings. The first kappa shape index (κ1) is 19.2. The minimum absolute atomic E-state index is 0.0103. The Bertz CT molecular complexity index is 637. The van der Waals surface area contributed by atoms with Crippen LogP contribution >= 0.6 is 0 Å². The number of carbonyl (C=O) groups is 3. The van der Waals surface area contributed by atoms with Gasteiger partial charge in [-0.15, -0.1) is 0 Å². The van der Waals surface area contributed by atoms with Gasteiger partial charge in [0.1, 0.15) is 11.8 Å². The van der Waals surface area contributed by atoms with Crippen LogP contribution < -0.4 is 5.32 Å². The van der Waals surface area contributed by atoms with Crippen molar-refractivity contribution in [2.45, 2.75) is 59.0 Å². The molecule has 1 N–H and O–H groups in total. The highest BCUT2D eigenvalue weighted by Gasteiger charge is 2.35. The van der Waals surface area contributed by atoms with Crippen LogP contribution in [0.15, 0.2) is 24.3 Å². The highest BCUT2D eigenvalue weighted by molar-refractivity contribution is 5.89. The SMILES string of the molecule is CC(=O)CC(NC(=O)C1CCCN1C(=O)C(C)C)c1ccc(C)cc1. The van der Waals surface area contributed by atoms with E-state index in [0.717, 1.165) is 17.5 Å². The number of Topliss-reactive ketones (excluding diaryl/α,β-unsaturated/α-hetero) is 1. The van der Waals surface area contributed by atoms with Crippen LogP contribution in [-0.4, -0.2) is 35.1 Å². The number of hydrogen-bond acceptors (Lipinski definition) is 3. The van der Waals surface area contributed by atoms with Gasteiger partial charge in [-0.1, -0.05) is 43.7 Å². The van der Waals surface area contributed by atoms with E-state index in [1.807, 2.05) is 45.0 Å². The van der Waals surface area contributed by atoms with Gasteiger partial charge in [-0.3, -0.25) is 14.4 Å².